The zero-order chi connectivity index (χ0) is 24.9. The molecule has 0 fully saturated rings. The zero-order valence-electron chi connectivity index (χ0n) is 20.7. The lowest BCUT2D eigenvalue weighted by atomic mass is 9.79. The van der Waals surface area contributed by atoms with Crippen molar-refractivity contribution >= 4 is 27.5 Å². The maximum atomic E-state index is 13.1. The van der Waals surface area contributed by atoms with Crippen LogP contribution in [0.1, 0.15) is 93.3 Å². The van der Waals surface area contributed by atoms with Crippen LogP contribution in [-0.4, -0.2) is 31.9 Å². The lowest BCUT2D eigenvalue weighted by molar-refractivity contribution is 0.0697. The van der Waals surface area contributed by atoms with Crippen LogP contribution in [0, 0.1) is 0 Å². The smallest absolute Gasteiger partial charge is 0.335 e. The number of ether oxygens (including phenoxy) is 1. The molecule has 3 rings (SSSR count). The first-order chi connectivity index (χ1) is 16.0. The Hall–Kier alpha value is -2.60. The Morgan fingerprint density at radius 2 is 1.82 bits per heavy atom. The summed E-state index contributed by atoms with van der Waals surface area (Å²) in [6.45, 7) is 8.89. The monoisotopic (exact) mass is 484 g/mol. The van der Waals surface area contributed by atoms with Crippen LogP contribution >= 0.6 is 0 Å². The number of carbonyl (C=O) groups is 1. The van der Waals surface area contributed by atoms with E-state index in [-0.39, 0.29) is 16.7 Å². The van der Waals surface area contributed by atoms with Crippen molar-refractivity contribution in [1.29, 1.82) is 0 Å². The molecule has 1 heterocycles. The lowest BCUT2D eigenvalue weighted by Gasteiger charge is -2.26. The molecular formula is C28H36O5S. The molecule has 34 heavy (non-hydrogen) atoms. The van der Waals surface area contributed by atoms with E-state index in [0.29, 0.717) is 23.7 Å². The highest BCUT2D eigenvalue weighted by atomic mass is 32.2. The van der Waals surface area contributed by atoms with Gasteiger partial charge in [-0.15, -0.1) is 0 Å². The van der Waals surface area contributed by atoms with Crippen molar-refractivity contribution in [2.75, 3.05) is 12.4 Å². The Morgan fingerprint density at radius 1 is 1.12 bits per heavy atom. The Morgan fingerprint density at radius 3 is 2.47 bits per heavy atom. The Labute approximate surface area is 203 Å². The average molecular weight is 485 g/mol. The van der Waals surface area contributed by atoms with Crippen molar-refractivity contribution in [2.24, 2.45) is 0 Å². The van der Waals surface area contributed by atoms with Crippen LogP contribution in [0.25, 0.3) is 11.6 Å². The van der Waals surface area contributed by atoms with Gasteiger partial charge >= 0.3 is 5.97 Å². The minimum absolute atomic E-state index is 0.156. The molecule has 1 aliphatic rings. The summed E-state index contributed by atoms with van der Waals surface area (Å²) in [5.41, 5.74) is 3.50. The summed E-state index contributed by atoms with van der Waals surface area (Å²) in [5, 5.41) is 9.15. The number of carboxylic acids is 1. The van der Waals surface area contributed by atoms with Gasteiger partial charge in [0.15, 0.2) is 9.84 Å². The van der Waals surface area contributed by atoms with E-state index in [9.17, 15) is 13.2 Å². The van der Waals surface area contributed by atoms with Gasteiger partial charge in [0.1, 0.15) is 5.75 Å². The van der Waals surface area contributed by atoms with Gasteiger partial charge in [-0.05, 0) is 72.6 Å². The van der Waals surface area contributed by atoms with Gasteiger partial charge in [-0.1, -0.05) is 58.2 Å². The largest absolute Gasteiger partial charge is 0.493 e. The molecule has 6 heteroatoms. The van der Waals surface area contributed by atoms with Crippen LogP contribution < -0.4 is 4.74 Å². The predicted molar refractivity (Wildman–Crippen MR) is 137 cm³/mol. The van der Waals surface area contributed by atoms with Gasteiger partial charge in [0.25, 0.3) is 0 Å². The van der Waals surface area contributed by atoms with Crippen molar-refractivity contribution in [2.45, 2.75) is 76.5 Å². The second-order valence-electron chi connectivity index (χ2n) is 9.81. The van der Waals surface area contributed by atoms with Gasteiger partial charge in [-0.2, -0.15) is 0 Å². The van der Waals surface area contributed by atoms with E-state index in [1.807, 2.05) is 19.1 Å². The summed E-state index contributed by atoms with van der Waals surface area (Å²) < 4.78 is 32.4. The zero-order valence-corrected chi connectivity index (χ0v) is 21.5. The number of rotatable bonds is 9. The van der Waals surface area contributed by atoms with E-state index < -0.39 is 15.8 Å². The second kappa shape index (κ2) is 10.8. The maximum Gasteiger partial charge on any atom is 0.335 e. The van der Waals surface area contributed by atoms with Crippen molar-refractivity contribution in [3.8, 4) is 5.75 Å². The van der Waals surface area contributed by atoms with Gasteiger partial charge in [0.2, 0.25) is 0 Å². The molecule has 1 N–H and O–H groups in total. The van der Waals surface area contributed by atoms with E-state index in [1.165, 1.54) is 0 Å². The number of fused-ring (bicyclic) bond motifs is 1. The summed E-state index contributed by atoms with van der Waals surface area (Å²) in [4.78, 5) is 11.6. The third-order valence-electron chi connectivity index (χ3n) is 6.58. The number of allylic oxidation sites excluding steroid dienone is 1. The van der Waals surface area contributed by atoms with Gasteiger partial charge in [0.05, 0.1) is 22.8 Å². The molecule has 2 aromatic carbocycles. The van der Waals surface area contributed by atoms with Crippen molar-refractivity contribution in [3.63, 3.8) is 0 Å². The minimum Gasteiger partial charge on any atom is -0.493 e. The van der Waals surface area contributed by atoms with E-state index in [0.717, 1.165) is 54.4 Å². The van der Waals surface area contributed by atoms with Crippen LogP contribution in [0.4, 0.5) is 0 Å². The normalized spacial score (nSPS) is 17.0. The molecule has 0 amide bonds. The van der Waals surface area contributed by atoms with Gasteiger partial charge in [-0.25, -0.2) is 13.2 Å². The van der Waals surface area contributed by atoms with E-state index in [1.54, 1.807) is 30.3 Å². The van der Waals surface area contributed by atoms with Gasteiger partial charge in [0, 0.05) is 5.56 Å². The second-order valence-corrected chi connectivity index (χ2v) is 11.9. The molecule has 5 nitrogen and oxygen atoms in total. The third kappa shape index (κ3) is 6.09. The molecule has 0 unspecified atom stereocenters. The maximum absolute atomic E-state index is 13.1. The molecule has 1 aliphatic heterocycles. The fourth-order valence-electron chi connectivity index (χ4n) is 4.48. The molecule has 0 aromatic heterocycles. The van der Waals surface area contributed by atoms with Crippen LogP contribution in [0.5, 0.6) is 5.75 Å². The molecule has 0 atom stereocenters. The van der Waals surface area contributed by atoms with Crippen molar-refractivity contribution in [1.82, 2.24) is 0 Å². The number of sulfone groups is 1. The average Bonchev–Trinajstić information content (AvgIpc) is 2.86. The number of aromatic carboxylic acids is 1. The van der Waals surface area contributed by atoms with Gasteiger partial charge < -0.3 is 9.84 Å². The third-order valence-corrected chi connectivity index (χ3v) is 8.42. The fourth-order valence-corrected chi connectivity index (χ4v) is 6.19. The Balaban J connectivity index is 2.07. The number of benzene rings is 2. The molecule has 0 radical (unpaired) electrons. The molecule has 0 spiro atoms. The minimum atomic E-state index is -3.38. The number of hydrogen-bond donors (Lipinski definition) is 1. The van der Waals surface area contributed by atoms with E-state index >= 15 is 0 Å². The summed E-state index contributed by atoms with van der Waals surface area (Å²) >= 11 is 0. The highest BCUT2D eigenvalue weighted by molar-refractivity contribution is 7.91. The molecule has 2 aromatic rings. The van der Waals surface area contributed by atoms with Crippen LogP contribution in [0.15, 0.2) is 41.3 Å². The molecule has 0 saturated carbocycles. The van der Waals surface area contributed by atoms with Crippen LogP contribution in [0.3, 0.4) is 0 Å². The van der Waals surface area contributed by atoms with Crippen LogP contribution in [-0.2, 0) is 15.3 Å². The predicted octanol–water partition coefficient (Wildman–Crippen LogP) is 6.75. The molecule has 0 bridgehead atoms. The van der Waals surface area contributed by atoms with Crippen LogP contribution in [0.2, 0.25) is 0 Å². The quantitative estimate of drug-likeness (QED) is 0.314. The molecular weight excluding hydrogens is 448 g/mol. The highest BCUT2D eigenvalue weighted by Gasteiger charge is 2.34. The van der Waals surface area contributed by atoms with Crippen molar-refractivity contribution < 1.29 is 23.1 Å². The summed E-state index contributed by atoms with van der Waals surface area (Å²) in [6.07, 6.45) is 7.70. The SMILES string of the molecule is CCCCCCOc1cc2c(cc1/C(C)=C/c1ccc(C(=O)O)cc1)C(C)(C)CCCS2(=O)=O. The number of unbranched alkanes of at least 4 members (excludes halogenated alkanes) is 3. The summed E-state index contributed by atoms with van der Waals surface area (Å²) in [5.74, 6) is -0.212. The lowest BCUT2D eigenvalue weighted by Crippen LogP contribution is -2.18. The van der Waals surface area contributed by atoms with Gasteiger partial charge in [-0.3, -0.25) is 0 Å². The first-order valence-electron chi connectivity index (χ1n) is 12.1. The fraction of sp³-hybridized carbons (Fsp3) is 0.464. The first-order valence-corrected chi connectivity index (χ1v) is 13.8. The Kier molecular flexibility index (Phi) is 8.24. The molecule has 184 valence electrons. The highest BCUT2D eigenvalue weighted by Crippen LogP contribution is 2.42. The Bertz CT molecular complexity index is 1160. The topological polar surface area (TPSA) is 80.7 Å². The number of hydrogen-bond acceptors (Lipinski definition) is 4. The summed E-state index contributed by atoms with van der Waals surface area (Å²) in [7, 11) is -3.38. The van der Waals surface area contributed by atoms with Crippen molar-refractivity contribution in [3.05, 3.63) is 58.7 Å². The molecule has 0 saturated heterocycles. The standard InChI is InChI=1S/C28H36O5S/c1-5-6-7-8-15-33-25-19-26-24(28(3,4)14-9-16-34(26,31)32)18-23(25)20(2)17-21-10-12-22(13-11-21)27(29)30/h10-13,17-19H,5-9,14-16H2,1-4H3,(H,29,30)/b20-17+. The first kappa shape index (κ1) is 26.0. The van der Waals surface area contributed by atoms with E-state index in [2.05, 4.69) is 20.8 Å². The summed E-state index contributed by atoms with van der Waals surface area (Å²) in [6, 6.07) is 10.4. The van der Waals surface area contributed by atoms with E-state index in [4.69, 9.17) is 9.84 Å². The number of carboxylic acid groups (broad SMARTS) is 1. The molecule has 0 aliphatic carbocycles.